The van der Waals surface area contributed by atoms with Crippen molar-refractivity contribution in [2.75, 3.05) is 29.9 Å². The standard InChI is InChI=1S/C21H24N4O4S/c26-20-4-2-14-25(20)18-5-7-19(8-6-18)30(28,29)24-13-1-3-16(15-24)21(27)23-17-9-11-22-12-10-17/h5-12,16H,1-4,13-15H2,(H,22,23,27)/t16-/m1/s1. The second-order valence-corrected chi connectivity index (χ2v) is 9.51. The van der Waals surface area contributed by atoms with E-state index in [9.17, 15) is 18.0 Å². The molecule has 1 aromatic carbocycles. The summed E-state index contributed by atoms with van der Waals surface area (Å²) in [6.07, 6.45) is 5.78. The fourth-order valence-electron chi connectivity index (χ4n) is 3.92. The maximum Gasteiger partial charge on any atom is 0.243 e. The fourth-order valence-corrected chi connectivity index (χ4v) is 5.45. The number of carbonyl (C=O) groups excluding carboxylic acids is 2. The molecule has 2 aliphatic heterocycles. The van der Waals surface area contributed by atoms with E-state index in [1.807, 2.05) is 0 Å². The van der Waals surface area contributed by atoms with Crippen molar-refractivity contribution in [2.45, 2.75) is 30.6 Å². The molecule has 2 amide bonds. The summed E-state index contributed by atoms with van der Waals surface area (Å²) in [5.74, 6) is -0.545. The lowest BCUT2D eigenvalue weighted by molar-refractivity contribution is -0.121. The highest BCUT2D eigenvalue weighted by Gasteiger charge is 2.33. The van der Waals surface area contributed by atoms with Gasteiger partial charge in [0, 0.05) is 49.8 Å². The van der Waals surface area contributed by atoms with Gasteiger partial charge in [-0.1, -0.05) is 0 Å². The number of carbonyl (C=O) groups is 2. The molecule has 1 atom stereocenters. The Kier molecular flexibility index (Phi) is 5.83. The molecule has 30 heavy (non-hydrogen) atoms. The minimum atomic E-state index is -3.72. The Hall–Kier alpha value is -2.78. The van der Waals surface area contributed by atoms with Crippen molar-refractivity contribution < 1.29 is 18.0 Å². The first kappa shape index (κ1) is 20.5. The van der Waals surface area contributed by atoms with Gasteiger partial charge in [-0.25, -0.2) is 8.42 Å². The number of rotatable bonds is 5. The number of nitrogens with zero attached hydrogens (tertiary/aromatic N) is 3. The van der Waals surface area contributed by atoms with E-state index in [0.717, 1.165) is 6.42 Å². The highest BCUT2D eigenvalue weighted by atomic mass is 32.2. The van der Waals surface area contributed by atoms with Gasteiger partial charge in [-0.15, -0.1) is 0 Å². The number of hydrogen-bond acceptors (Lipinski definition) is 5. The Balaban J connectivity index is 1.45. The highest BCUT2D eigenvalue weighted by molar-refractivity contribution is 7.89. The molecule has 2 saturated heterocycles. The van der Waals surface area contributed by atoms with E-state index in [4.69, 9.17) is 0 Å². The third-order valence-electron chi connectivity index (χ3n) is 5.56. The third kappa shape index (κ3) is 4.22. The first-order chi connectivity index (χ1) is 14.4. The summed E-state index contributed by atoms with van der Waals surface area (Å²) < 4.78 is 27.6. The number of pyridine rings is 1. The molecule has 1 N–H and O–H groups in total. The van der Waals surface area contributed by atoms with Crippen LogP contribution >= 0.6 is 0 Å². The summed E-state index contributed by atoms with van der Waals surface area (Å²) in [4.78, 5) is 30.3. The van der Waals surface area contributed by atoms with E-state index in [2.05, 4.69) is 10.3 Å². The molecule has 0 radical (unpaired) electrons. The molecule has 0 spiro atoms. The maximum atomic E-state index is 13.1. The second kappa shape index (κ2) is 8.53. The van der Waals surface area contributed by atoms with Crippen LogP contribution in [0.5, 0.6) is 0 Å². The zero-order valence-corrected chi connectivity index (χ0v) is 17.3. The molecule has 9 heteroatoms. The van der Waals surface area contributed by atoms with Gasteiger partial charge in [0.2, 0.25) is 21.8 Å². The van der Waals surface area contributed by atoms with Gasteiger partial charge in [0.05, 0.1) is 10.8 Å². The highest BCUT2D eigenvalue weighted by Crippen LogP contribution is 2.27. The van der Waals surface area contributed by atoms with Crippen molar-refractivity contribution in [2.24, 2.45) is 5.92 Å². The minimum Gasteiger partial charge on any atom is -0.326 e. The van der Waals surface area contributed by atoms with Gasteiger partial charge < -0.3 is 10.2 Å². The van der Waals surface area contributed by atoms with Gasteiger partial charge in [-0.05, 0) is 55.7 Å². The molecule has 8 nitrogen and oxygen atoms in total. The van der Waals surface area contributed by atoms with Gasteiger partial charge in [0.1, 0.15) is 0 Å². The van der Waals surface area contributed by atoms with Crippen molar-refractivity contribution in [3.05, 3.63) is 48.8 Å². The third-order valence-corrected chi connectivity index (χ3v) is 7.44. The summed E-state index contributed by atoms with van der Waals surface area (Å²) >= 11 is 0. The first-order valence-corrected chi connectivity index (χ1v) is 11.5. The lowest BCUT2D eigenvalue weighted by atomic mass is 9.99. The van der Waals surface area contributed by atoms with E-state index < -0.39 is 15.9 Å². The van der Waals surface area contributed by atoms with Crippen molar-refractivity contribution in [1.29, 1.82) is 0 Å². The van der Waals surface area contributed by atoms with Crippen LogP contribution in [0.1, 0.15) is 25.7 Å². The smallest absolute Gasteiger partial charge is 0.243 e. The molecule has 0 saturated carbocycles. The molecular formula is C21H24N4O4S. The first-order valence-electron chi connectivity index (χ1n) is 10.1. The lowest BCUT2D eigenvalue weighted by Gasteiger charge is -2.31. The van der Waals surface area contributed by atoms with Crippen LogP contribution in [0.4, 0.5) is 11.4 Å². The molecule has 158 valence electrons. The van der Waals surface area contributed by atoms with Crippen LogP contribution in [-0.2, 0) is 19.6 Å². The van der Waals surface area contributed by atoms with Gasteiger partial charge in [-0.2, -0.15) is 4.31 Å². The minimum absolute atomic E-state index is 0.0599. The normalized spacial score (nSPS) is 20.3. The van der Waals surface area contributed by atoms with E-state index in [1.165, 1.54) is 16.4 Å². The molecular weight excluding hydrogens is 404 g/mol. The fraction of sp³-hybridized carbons (Fsp3) is 0.381. The van der Waals surface area contributed by atoms with Gasteiger partial charge in [0.25, 0.3) is 0 Å². The van der Waals surface area contributed by atoms with Gasteiger partial charge >= 0.3 is 0 Å². The quantitative estimate of drug-likeness (QED) is 0.787. The maximum absolute atomic E-state index is 13.1. The zero-order valence-electron chi connectivity index (χ0n) is 16.5. The predicted molar refractivity (Wildman–Crippen MR) is 112 cm³/mol. The number of hydrogen-bond donors (Lipinski definition) is 1. The molecule has 2 aliphatic rings. The zero-order chi connectivity index (χ0) is 21.1. The molecule has 0 bridgehead atoms. The second-order valence-electron chi connectivity index (χ2n) is 7.57. The number of amides is 2. The average Bonchev–Trinajstić information content (AvgIpc) is 3.20. The number of nitrogens with one attached hydrogen (secondary N) is 1. The summed E-state index contributed by atoms with van der Waals surface area (Å²) in [5.41, 5.74) is 1.35. The lowest BCUT2D eigenvalue weighted by Crippen LogP contribution is -2.43. The van der Waals surface area contributed by atoms with Crippen LogP contribution in [0.2, 0.25) is 0 Å². The molecule has 1 aromatic heterocycles. The van der Waals surface area contributed by atoms with Crippen molar-refractivity contribution in [3.8, 4) is 0 Å². The molecule has 4 rings (SSSR count). The Morgan fingerprint density at radius 3 is 2.43 bits per heavy atom. The van der Waals surface area contributed by atoms with Crippen LogP contribution in [-0.4, -0.2) is 49.2 Å². The molecule has 0 aliphatic carbocycles. The average molecular weight is 429 g/mol. The summed E-state index contributed by atoms with van der Waals surface area (Å²) in [5, 5.41) is 2.83. The molecule has 2 fully saturated rings. The SMILES string of the molecule is O=C(Nc1ccncc1)[C@@H]1CCCN(S(=O)(=O)c2ccc(N3CCCC3=O)cc2)C1. The van der Waals surface area contributed by atoms with Crippen LogP contribution in [0, 0.1) is 5.92 Å². The van der Waals surface area contributed by atoms with Crippen LogP contribution in [0.15, 0.2) is 53.7 Å². The summed E-state index contributed by atoms with van der Waals surface area (Å²) in [6, 6.07) is 9.82. The summed E-state index contributed by atoms with van der Waals surface area (Å²) in [7, 11) is -3.72. The number of anilines is 2. The van der Waals surface area contributed by atoms with E-state index in [-0.39, 0.29) is 23.3 Å². The monoisotopic (exact) mass is 428 g/mol. The number of piperidine rings is 1. The molecule has 2 aromatic rings. The number of aromatic nitrogens is 1. The van der Waals surface area contributed by atoms with Crippen LogP contribution in [0.25, 0.3) is 0 Å². The molecule has 0 unspecified atom stereocenters. The largest absolute Gasteiger partial charge is 0.326 e. The van der Waals surface area contributed by atoms with Crippen LogP contribution < -0.4 is 10.2 Å². The molecule has 3 heterocycles. The van der Waals surface area contributed by atoms with Crippen LogP contribution in [0.3, 0.4) is 0 Å². The van der Waals surface area contributed by atoms with Crippen molar-refractivity contribution in [3.63, 3.8) is 0 Å². The Bertz CT molecular complexity index is 1020. The number of sulfonamides is 1. The van der Waals surface area contributed by atoms with E-state index in [0.29, 0.717) is 43.7 Å². The topological polar surface area (TPSA) is 99.7 Å². The van der Waals surface area contributed by atoms with E-state index in [1.54, 1.807) is 41.6 Å². The number of benzene rings is 1. The van der Waals surface area contributed by atoms with Gasteiger partial charge in [0.15, 0.2) is 0 Å². The Morgan fingerprint density at radius 2 is 1.77 bits per heavy atom. The summed E-state index contributed by atoms with van der Waals surface area (Å²) in [6.45, 7) is 1.19. The van der Waals surface area contributed by atoms with Crippen molar-refractivity contribution in [1.82, 2.24) is 9.29 Å². The van der Waals surface area contributed by atoms with Gasteiger partial charge in [-0.3, -0.25) is 14.6 Å². The Labute approximate surface area is 175 Å². The van der Waals surface area contributed by atoms with Crippen molar-refractivity contribution >= 4 is 33.2 Å². The van der Waals surface area contributed by atoms with E-state index >= 15 is 0 Å². The Morgan fingerprint density at radius 1 is 1.03 bits per heavy atom. The predicted octanol–water partition coefficient (Wildman–Crippen LogP) is 2.25.